The summed E-state index contributed by atoms with van der Waals surface area (Å²) < 4.78 is 37.4. The maximum atomic E-state index is 12.9. The Kier molecular flexibility index (Phi) is 6.29. The Balaban J connectivity index is 1.43. The van der Waals surface area contributed by atoms with E-state index in [4.69, 9.17) is 32.5 Å². The molecule has 0 saturated carbocycles. The molecule has 3 aromatic rings. The van der Waals surface area contributed by atoms with Crippen molar-refractivity contribution in [1.82, 2.24) is 14.4 Å². The monoisotopic (exact) mass is 481 g/mol. The standard InChI is InChI=1S/C20H17Cl2N3O5S/c21-14-6-8-16(9-7-14)31(27,28)25-10-2-5-17(25)20(26)29-12-18-23-19(24-30-18)13-3-1-4-15(22)11-13/h1,3-4,6-9,11,17H,2,5,10,12H2/t17-/m1/s1. The van der Waals surface area contributed by atoms with Crippen LogP contribution in [0.15, 0.2) is 57.9 Å². The molecule has 1 atom stereocenters. The molecule has 2 aromatic carbocycles. The number of carbonyl (C=O) groups is 1. The highest BCUT2D eigenvalue weighted by molar-refractivity contribution is 7.89. The number of rotatable bonds is 6. The summed E-state index contributed by atoms with van der Waals surface area (Å²) in [7, 11) is -3.86. The number of sulfonamides is 1. The van der Waals surface area contributed by atoms with Crippen LogP contribution in [0.5, 0.6) is 0 Å². The third-order valence-electron chi connectivity index (χ3n) is 4.78. The molecule has 1 fully saturated rings. The van der Waals surface area contributed by atoms with Gasteiger partial charge in [-0.2, -0.15) is 9.29 Å². The van der Waals surface area contributed by atoms with Gasteiger partial charge in [-0.05, 0) is 49.2 Å². The molecule has 0 amide bonds. The Hall–Kier alpha value is -2.46. The Labute approximate surface area is 188 Å². The number of ether oxygens (including phenoxy) is 1. The molecule has 0 spiro atoms. The molecule has 1 aliphatic rings. The molecule has 2 heterocycles. The molecule has 4 rings (SSSR count). The molecule has 0 radical (unpaired) electrons. The minimum Gasteiger partial charge on any atom is -0.454 e. The van der Waals surface area contributed by atoms with Crippen LogP contribution in [-0.4, -0.2) is 41.4 Å². The number of aromatic nitrogens is 2. The van der Waals surface area contributed by atoms with Crippen LogP contribution in [-0.2, 0) is 26.2 Å². The van der Waals surface area contributed by atoms with Crippen LogP contribution in [0.3, 0.4) is 0 Å². The van der Waals surface area contributed by atoms with Crippen molar-refractivity contribution in [2.75, 3.05) is 6.54 Å². The van der Waals surface area contributed by atoms with E-state index in [2.05, 4.69) is 10.1 Å². The van der Waals surface area contributed by atoms with Crippen molar-refractivity contribution in [2.45, 2.75) is 30.4 Å². The van der Waals surface area contributed by atoms with Gasteiger partial charge in [0, 0.05) is 22.2 Å². The lowest BCUT2D eigenvalue weighted by Crippen LogP contribution is -2.41. The first-order valence-electron chi connectivity index (χ1n) is 9.37. The van der Waals surface area contributed by atoms with Crippen molar-refractivity contribution < 1.29 is 22.5 Å². The highest BCUT2D eigenvalue weighted by Gasteiger charge is 2.40. The van der Waals surface area contributed by atoms with Gasteiger partial charge in [0.15, 0.2) is 6.61 Å². The summed E-state index contributed by atoms with van der Waals surface area (Å²) in [5, 5.41) is 4.80. The van der Waals surface area contributed by atoms with Crippen LogP contribution < -0.4 is 0 Å². The van der Waals surface area contributed by atoms with Crippen LogP contribution >= 0.6 is 23.2 Å². The Morgan fingerprint density at radius 3 is 2.68 bits per heavy atom. The predicted molar refractivity (Wildman–Crippen MR) is 113 cm³/mol. The van der Waals surface area contributed by atoms with Gasteiger partial charge in [-0.25, -0.2) is 8.42 Å². The van der Waals surface area contributed by atoms with E-state index in [0.717, 1.165) is 4.31 Å². The Bertz CT molecular complexity index is 1200. The normalized spacial score (nSPS) is 17.0. The molecule has 0 aliphatic carbocycles. The van der Waals surface area contributed by atoms with Crippen molar-refractivity contribution >= 4 is 39.2 Å². The van der Waals surface area contributed by atoms with E-state index in [1.54, 1.807) is 24.3 Å². The minimum atomic E-state index is -3.86. The molecule has 0 N–H and O–H groups in total. The van der Waals surface area contributed by atoms with Crippen molar-refractivity contribution in [3.8, 4) is 11.4 Å². The number of halogens is 2. The van der Waals surface area contributed by atoms with Gasteiger partial charge in [-0.3, -0.25) is 4.79 Å². The fraction of sp³-hybridized carbons (Fsp3) is 0.250. The summed E-state index contributed by atoms with van der Waals surface area (Å²) in [4.78, 5) is 16.9. The van der Waals surface area contributed by atoms with Gasteiger partial charge >= 0.3 is 5.97 Å². The summed E-state index contributed by atoms with van der Waals surface area (Å²) >= 11 is 11.8. The summed E-state index contributed by atoms with van der Waals surface area (Å²) in [5.74, 6) is -0.271. The van der Waals surface area contributed by atoms with E-state index in [-0.39, 0.29) is 23.9 Å². The van der Waals surface area contributed by atoms with Crippen LogP contribution in [0.2, 0.25) is 10.0 Å². The van der Waals surface area contributed by atoms with Gasteiger partial charge < -0.3 is 9.26 Å². The number of hydrogen-bond donors (Lipinski definition) is 0. The molecule has 11 heteroatoms. The molecule has 162 valence electrons. The molecule has 1 saturated heterocycles. The van der Waals surface area contributed by atoms with E-state index in [0.29, 0.717) is 34.3 Å². The van der Waals surface area contributed by atoms with E-state index >= 15 is 0 Å². The molecule has 0 bridgehead atoms. The average molecular weight is 482 g/mol. The lowest BCUT2D eigenvalue weighted by atomic mass is 10.2. The smallest absolute Gasteiger partial charge is 0.324 e. The number of hydrogen-bond acceptors (Lipinski definition) is 7. The van der Waals surface area contributed by atoms with Crippen LogP contribution in [0.25, 0.3) is 11.4 Å². The average Bonchev–Trinajstić information content (AvgIpc) is 3.43. The van der Waals surface area contributed by atoms with Crippen LogP contribution in [0.1, 0.15) is 18.7 Å². The number of benzene rings is 2. The molecule has 8 nitrogen and oxygen atoms in total. The van der Waals surface area contributed by atoms with Crippen molar-refractivity contribution in [2.24, 2.45) is 0 Å². The fourth-order valence-corrected chi connectivity index (χ4v) is 5.26. The third kappa shape index (κ3) is 4.74. The zero-order chi connectivity index (χ0) is 22.0. The summed E-state index contributed by atoms with van der Waals surface area (Å²) in [6, 6.07) is 11.8. The summed E-state index contributed by atoms with van der Waals surface area (Å²) in [6.07, 6.45) is 0.912. The molecular weight excluding hydrogens is 465 g/mol. The van der Waals surface area contributed by atoms with E-state index in [1.165, 1.54) is 24.3 Å². The predicted octanol–water partition coefficient (Wildman–Crippen LogP) is 3.94. The highest BCUT2D eigenvalue weighted by atomic mass is 35.5. The second kappa shape index (κ2) is 8.96. The SMILES string of the molecule is O=C(OCc1nc(-c2cccc(Cl)c2)no1)[C@H]1CCCN1S(=O)(=O)c1ccc(Cl)cc1. The van der Waals surface area contributed by atoms with Gasteiger partial charge in [-0.15, -0.1) is 0 Å². The first-order valence-corrected chi connectivity index (χ1v) is 11.6. The largest absolute Gasteiger partial charge is 0.454 e. The second-order valence-corrected chi connectivity index (χ2v) is 9.62. The number of esters is 1. The first-order chi connectivity index (χ1) is 14.8. The van der Waals surface area contributed by atoms with Crippen LogP contribution in [0, 0.1) is 0 Å². The van der Waals surface area contributed by atoms with E-state index in [9.17, 15) is 13.2 Å². The molecule has 1 aliphatic heterocycles. The van der Waals surface area contributed by atoms with Crippen molar-refractivity contribution in [1.29, 1.82) is 0 Å². The fourth-order valence-electron chi connectivity index (χ4n) is 3.29. The topological polar surface area (TPSA) is 103 Å². The maximum absolute atomic E-state index is 12.9. The van der Waals surface area contributed by atoms with Crippen LogP contribution in [0.4, 0.5) is 0 Å². The van der Waals surface area contributed by atoms with Gasteiger partial charge in [-0.1, -0.05) is 40.5 Å². The van der Waals surface area contributed by atoms with Gasteiger partial charge in [0.2, 0.25) is 15.8 Å². The number of nitrogens with zero attached hydrogens (tertiary/aromatic N) is 3. The van der Waals surface area contributed by atoms with Gasteiger partial charge in [0.25, 0.3) is 5.89 Å². The van der Waals surface area contributed by atoms with Gasteiger partial charge in [0.05, 0.1) is 4.90 Å². The summed E-state index contributed by atoms with van der Waals surface area (Å²) in [6.45, 7) is -0.0398. The summed E-state index contributed by atoms with van der Waals surface area (Å²) in [5.41, 5.74) is 0.657. The lowest BCUT2D eigenvalue weighted by Gasteiger charge is -2.22. The quantitative estimate of drug-likeness (QED) is 0.491. The van der Waals surface area contributed by atoms with Crippen molar-refractivity contribution in [3.05, 3.63) is 64.5 Å². The zero-order valence-corrected chi connectivity index (χ0v) is 18.4. The molecular formula is C20H17Cl2N3O5S. The van der Waals surface area contributed by atoms with Crippen molar-refractivity contribution in [3.63, 3.8) is 0 Å². The third-order valence-corrected chi connectivity index (χ3v) is 7.19. The number of carbonyl (C=O) groups excluding carboxylic acids is 1. The Morgan fingerprint density at radius 1 is 1.16 bits per heavy atom. The maximum Gasteiger partial charge on any atom is 0.324 e. The van der Waals surface area contributed by atoms with E-state index in [1.807, 2.05) is 0 Å². The second-order valence-electron chi connectivity index (χ2n) is 6.86. The van der Waals surface area contributed by atoms with Gasteiger partial charge in [0.1, 0.15) is 6.04 Å². The molecule has 1 aromatic heterocycles. The molecule has 31 heavy (non-hydrogen) atoms. The lowest BCUT2D eigenvalue weighted by molar-refractivity contribution is -0.149. The minimum absolute atomic E-state index is 0.0691. The highest BCUT2D eigenvalue weighted by Crippen LogP contribution is 2.28. The molecule has 0 unspecified atom stereocenters. The van der Waals surface area contributed by atoms with E-state index < -0.39 is 22.0 Å². The Morgan fingerprint density at radius 2 is 1.94 bits per heavy atom. The zero-order valence-electron chi connectivity index (χ0n) is 16.1. The first kappa shape index (κ1) is 21.8.